The molecule has 0 bridgehead atoms. The minimum absolute atomic E-state index is 0.223. The van der Waals surface area contributed by atoms with Crippen LogP contribution in [0.4, 0.5) is 10.8 Å². The standard InChI is InChI=1S/C11H19N3OS/c1-3-15-7(2)6-13-11-9(8-4-5-8)10(12)14-16-11/h7-8,13H,3-6H2,1-2H3,(H2,12,14). The normalized spacial score (nSPS) is 17.4. The molecular formula is C11H19N3OS. The minimum Gasteiger partial charge on any atom is -0.383 e. The van der Waals surface area contributed by atoms with Crippen molar-refractivity contribution in [2.75, 3.05) is 24.2 Å². The molecule has 1 aromatic rings. The van der Waals surface area contributed by atoms with Gasteiger partial charge in [0.05, 0.1) is 6.10 Å². The maximum atomic E-state index is 5.88. The third-order valence-electron chi connectivity index (χ3n) is 2.74. The van der Waals surface area contributed by atoms with Crippen LogP contribution >= 0.6 is 11.5 Å². The highest BCUT2D eigenvalue weighted by Gasteiger charge is 2.30. The van der Waals surface area contributed by atoms with E-state index in [4.69, 9.17) is 10.5 Å². The largest absolute Gasteiger partial charge is 0.383 e. The smallest absolute Gasteiger partial charge is 0.142 e. The van der Waals surface area contributed by atoms with Crippen molar-refractivity contribution in [2.45, 2.75) is 38.7 Å². The number of aromatic nitrogens is 1. The molecule has 0 aromatic carbocycles. The first kappa shape index (κ1) is 11.7. The molecule has 1 saturated carbocycles. The van der Waals surface area contributed by atoms with Crippen LogP contribution in [0.5, 0.6) is 0 Å². The molecule has 0 radical (unpaired) electrons. The number of nitrogens with one attached hydrogen (secondary N) is 1. The predicted molar refractivity (Wildman–Crippen MR) is 68.1 cm³/mol. The summed E-state index contributed by atoms with van der Waals surface area (Å²) in [6, 6.07) is 0. The second-order valence-electron chi connectivity index (χ2n) is 4.23. The highest BCUT2D eigenvalue weighted by atomic mass is 32.1. The summed E-state index contributed by atoms with van der Waals surface area (Å²) < 4.78 is 9.69. The van der Waals surface area contributed by atoms with E-state index in [0.29, 0.717) is 11.7 Å². The van der Waals surface area contributed by atoms with Crippen LogP contribution in [0, 0.1) is 0 Å². The first-order valence-electron chi connectivity index (χ1n) is 5.82. The summed E-state index contributed by atoms with van der Waals surface area (Å²) in [5.41, 5.74) is 7.11. The topological polar surface area (TPSA) is 60.2 Å². The first-order valence-corrected chi connectivity index (χ1v) is 6.60. The summed E-state index contributed by atoms with van der Waals surface area (Å²) in [7, 11) is 0. The number of ether oxygens (including phenoxy) is 1. The monoisotopic (exact) mass is 241 g/mol. The number of hydrogen-bond acceptors (Lipinski definition) is 5. The molecule has 90 valence electrons. The Bertz CT molecular complexity index is 349. The molecule has 1 heterocycles. The predicted octanol–water partition coefficient (Wildman–Crippen LogP) is 2.44. The average molecular weight is 241 g/mol. The van der Waals surface area contributed by atoms with Gasteiger partial charge >= 0.3 is 0 Å². The molecule has 5 heteroatoms. The molecule has 1 unspecified atom stereocenters. The SMILES string of the molecule is CCOC(C)CNc1snc(N)c1C1CC1. The summed E-state index contributed by atoms with van der Waals surface area (Å²) in [5.74, 6) is 1.35. The van der Waals surface area contributed by atoms with E-state index in [2.05, 4.69) is 16.6 Å². The maximum absolute atomic E-state index is 5.88. The molecule has 16 heavy (non-hydrogen) atoms. The Kier molecular flexibility index (Phi) is 3.66. The number of nitrogens with two attached hydrogens (primary N) is 1. The van der Waals surface area contributed by atoms with E-state index < -0.39 is 0 Å². The van der Waals surface area contributed by atoms with Crippen LogP contribution < -0.4 is 11.1 Å². The Morgan fingerprint density at radius 1 is 1.62 bits per heavy atom. The Morgan fingerprint density at radius 2 is 2.38 bits per heavy atom. The van der Waals surface area contributed by atoms with Crippen LogP contribution in [0.2, 0.25) is 0 Å². The molecule has 4 nitrogen and oxygen atoms in total. The van der Waals surface area contributed by atoms with Gasteiger partial charge in [-0.15, -0.1) is 0 Å². The Hall–Kier alpha value is -0.810. The van der Waals surface area contributed by atoms with Gasteiger partial charge in [-0.25, -0.2) is 0 Å². The summed E-state index contributed by atoms with van der Waals surface area (Å²) in [5, 5.41) is 4.52. The van der Waals surface area contributed by atoms with Gasteiger partial charge in [0.25, 0.3) is 0 Å². The van der Waals surface area contributed by atoms with Gasteiger partial charge in [0.2, 0.25) is 0 Å². The van der Waals surface area contributed by atoms with Crippen LogP contribution in [-0.4, -0.2) is 23.6 Å². The van der Waals surface area contributed by atoms with Crippen molar-refractivity contribution in [3.63, 3.8) is 0 Å². The van der Waals surface area contributed by atoms with Gasteiger partial charge in [0, 0.05) is 18.7 Å². The number of nitrogen functional groups attached to an aromatic ring is 1. The fraction of sp³-hybridized carbons (Fsp3) is 0.727. The van der Waals surface area contributed by atoms with Crippen LogP contribution in [-0.2, 0) is 4.74 Å². The van der Waals surface area contributed by atoms with Gasteiger partial charge in [-0.05, 0) is 44.1 Å². The van der Waals surface area contributed by atoms with Crippen LogP contribution in [0.25, 0.3) is 0 Å². The summed E-state index contributed by atoms with van der Waals surface area (Å²) in [6.45, 7) is 5.65. The van der Waals surface area contributed by atoms with Crippen molar-refractivity contribution in [3.05, 3.63) is 5.56 Å². The molecule has 3 N–H and O–H groups in total. The third kappa shape index (κ3) is 2.65. The molecule has 1 atom stereocenters. The van der Waals surface area contributed by atoms with Crippen molar-refractivity contribution in [1.82, 2.24) is 4.37 Å². The lowest BCUT2D eigenvalue weighted by Crippen LogP contribution is -2.19. The Balaban J connectivity index is 1.93. The van der Waals surface area contributed by atoms with Crippen LogP contribution in [0.3, 0.4) is 0 Å². The second kappa shape index (κ2) is 5.01. The number of hydrogen-bond donors (Lipinski definition) is 2. The van der Waals surface area contributed by atoms with Crippen molar-refractivity contribution < 1.29 is 4.74 Å². The van der Waals surface area contributed by atoms with Crippen LogP contribution in [0.1, 0.15) is 38.2 Å². The average Bonchev–Trinajstić information content (AvgIpc) is 3.01. The van der Waals surface area contributed by atoms with E-state index in [0.717, 1.165) is 18.2 Å². The van der Waals surface area contributed by atoms with Gasteiger partial charge in [0.15, 0.2) is 0 Å². The molecule has 0 amide bonds. The fourth-order valence-corrected chi connectivity index (χ4v) is 2.59. The van der Waals surface area contributed by atoms with E-state index >= 15 is 0 Å². The molecule has 0 spiro atoms. The molecule has 1 fully saturated rings. The van der Waals surface area contributed by atoms with Gasteiger partial charge in [-0.2, -0.15) is 4.37 Å². The van der Waals surface area contributed by atoms with E-state index in [9.17, 15) is 0 Å². The highest BCUT2D eigenvalue weighted by Crippen LogP contribution is 2.47. The Morgan fingerprint density at radius 3 is 3.00 bits per heavy atom. The molecule has 1 aliphatic rings. The Labute approximate surface area is 100 Å². The van der Waals surface area contributed by atoms with Crippen LogP contribution in [0.15, 0.2) is 0 Å². The number of nitrogens with zero attached hydrogens (tertiary/aromatic N) is 1. The zero-order chi connectivity index (χ0) is 11.5. The minimum atomic E-state index is 0.223. The molecule has 1 aromatic heterocycles. The van der Waals surface area contributed by atoms with Gasteiger partial charge in [-0.3, -0.25) is 0 Å². The zero-order valence-electron chi connectivity index (χ0n) is 9.82. The molecule has 1 aliphatic carbocycles. The lowest BCUT2D eigenvalue weighted by Gasteiger charge is -2.13. The van der Waals surface area contributed by atoms with Crippen molar-refractivity contribution in [1.29, 1.82) is 0 Å². The van der Waals surface area contributed by atoms with E-state index in [-0.39, 0.29) is 6.10 Å². The fourth-order valence-electron chi connectivity index (χ4n) is 1.78. The zero-order valence-corrected chi connectivity index (χ0v) is 10.6. The molecule has 0 aliphatic heterocycles. The first-order chi connectivity index (χ1) is 7.72. The summed E-state index contributed by atoms with van der Waals surface area (Å²) in [6.07, 6.45) is 2.72. The van der Waals surface area contributed by atoms with Gasteiger partial charge in [0.1, 0.15) is 10.8 Å². The summed E-state index contributed by atoms with van der Waals surface area (Å²) >= 11 is 1.46. The molecular weight excluding hydrogens is 222 g/mol. The summed E-state index contributed by atoms with van der Waals surface area (Å²) in [4.78, 5) is 0. The van der Waals surface area contributed by atoms with Crippen molar-refractivity contribution in [3.8, 4) is 0 Å². The lowest BCUT2D eigenvalue weighted by atomic mass is 10.2. The highest BCUT2D eigenvalue weighted by molar-refractivity contribution is 7.10. The van der Waals surface area contributed by atoms with E-state index in [1.54, 1.807) is 0 Å². The number of rotatable bonds is 6. The lowest BCUT2D eigenvalue weighted by molar-refractivity contribution is 0.0856. The molecule has 2 rings (SSSR count). The van der Waals surface area contributed by atoms with Crippen molar-refractivity contribution >= 4 is 22.4 Å². The van der Waals surface area contributed by atoms with Gasteiger partial charge in [-0.1, -0.05) is 0 Å². The van der Waals surface area contributed by atoms with E-state index in [1.165, 1.54) is 29.9 Å². The van der Waals surface area contributed by atoms with Gasteiger partial charge < -0.3 is 15.8 Å². The van der Waals surface area contributed by atoms with Crippen molar-refractivity contribution in [2.24, 2.45) is 0 Å². The number of anilines is 2. The maximum Gasteiger partial charge on any atom is 0.142 e. The quantitative estimate of drug-likeness (QED) is 0.803. The van der Waals surface area contributed by atoms with E-state index in [1.807, 2.05) is 6.92 Å². The molecule has 0 saturated heterocycles. The second-order valence-corrected chi connectivity index (χ2v) is 5.01. The third-order valence-corrected chi connectivity index (χ3v) is 3.58.